The number of alkyl halides is 1. The van der Waals surface area contributed by atoms with Gasteiger partial charge in [-0.25, -0.2) is 0 Å². The minimum Gasteiger partial charge on any atom is -0.123 e. The molecule has 1 aliphatic carbocycles. The standard InChI is InChI=1S/C13H17Cl/c1-10(14)9-12-7-4-6-11-5-2-3-8-13(11)12/h2-3,5,8,10,12H,4,6-7,9H2,1H3. The molecule has 0 bridgehead atoms. The van der Waals surface area contributed by atoms with E-state index < -0.39 is 0 Å². The summed E-state index contributed by atoms with van der Waals surface area (Å²) in [6.45, 7) is 2.10. The van der Waals surface area contributed by atoms with E-state index in [1.54, 1.807) is 11.1 Å². The second-order valence-electron chi connectivity index (χ2n) is 4.30. The summed E-state index contributed by atoms with van der Waals surface area (Å²) in [5.74, 6) is 0.701. The Bertz CT molecular complexity index is 304. The minimum atomic E-state index is 0.297. The number of halogens is 1. The van der Waals surface area contributed by atoms with Crippen LogP contribution in [0.4, 0.5) is 0 Å². The van der Waals surface area contributed by atoms with Crippen LogP contribution in [0.1, 0.15) is 43.2 Å². The first kappa shape index (κ1) is 10.0. The van der Waals surface area contributed by atoms with Crippen LogP contribution in [0.25, 0.3) is 0 Å². The molecule has 0 aromatic heterocycles. The van der Waals surface area contributed by atoms with Gasteiger partial charge in [0.2, 0.25) is 0 Å². The number of hydrogen-bond donors (Lipinski definition) is 0. The Kier molecular flexibility index (Phi) is 3.12. The molecule has 76 valence electrons. The lowest BCUT2D eigenvalue weighted by molar-refractivity contribution is 0.518. The number of benzene rings is 1. The van der Waals surface area contributed by atoms with Crippen LogP contribution in [0.15, 0.2) is 24.3 Å². The molecule has 1 heteroatoms. The van der Waals surface area contributed by atoms with Crippen molar-refractivity contribution in [2.24, 2.45) is 0 Å². The number of hydrogen-bond acceptors (Lipinski definition) is 0. The molecule has 0 heterocycles. The van der Waals surface area contributed by atoms with Crippen LogP contribution in [0.3, 0.4) is 0 Å². The molecule has 0 fully saturated rings. The zero-order chi connectivity index (χ0) is 9.97. The first-order valence-electron chi connectivity index (χ1n) is 5.49. The molecular weight excluding hydrogens is 192 g/mol. The van der Waals surface area contributed by atoms with Crippen molar-refractivity contribution in [2.75, 3.05) is 0 Å². The van der Waals surface area contributed by atoms with Crippen molar-refractivity contribution in [3.63, 3.8) is 0 Å². The Labute approximate surface area is 91.3 Å². The fourth-order valence-electron chi connectivity index (χ4n) is 2.49. The van der Waals surface area contributed by atoms with Crippen molar-refractivity contribution in [2.45, 2.75) is 43.9 Å². The molecule has 0 saturated heterocycles. The van der Waals surface area contributed by atoms with Crippen molar-refractivity contribution in [1.29, 1.82) is 0 Å². The van der Waals surface area contributed by atoms with E-state index in [1.165, 1.54) is 19.3 Å². The Morgan fingerprint density at radius 3 is 3.00 bits per heavy atom. The maximum Gasteiger partial charge on any atom is 0.0313 e. The maximum atomic E-state index is 6.08. The highest BCUT2D eigenvalue weighted by atomic mass is 35.5. The molecular formula is C13H17Cl. The van der Waals surface area contributed by atoms with E-state index in [4.69, 9.17) is 11.6 Å². The third-order valence-electron chi connectivity index (χ3n) is 3.10. The first-order valence-corrected chi connectivity index (χ1v) is 5.93. The third kappa shape index (κ3) is 2.12. The highest BCUT2D eigenvalue weighted by Gasteiger charge is 2.20. The van der Waals surface area contributed by atoms with Crippen LogP contribution in [0.2, 0.25) is 0 Å². The second-order valence-corrected chi connectivity index (χ2v) is 5.05. The molecule has 1 aliphatic rings. The van der Waals surface area contributed by atoms with Crippen molar-refractivity contribution in [3.8, 4) is 0 Å². The molecule has 0 amide bonds. The van der Waals surface area contributed by atoms with Crippen LogP contribution in [-0.4, -0.2) is 5.38 Å². The molecule has 1 aromatic rings. The van der Waals surface area contributed by atoms with Gasteiger partial charge in [0.05, 0.1) is 0 Å². The monoisotopic (exact) mass is 208 g/mol. The summed E-state index contributed by atoms with van der Waals surface area (Å²) in [5.41, 5.74) is 3.09. The van der Waals surface area contributed by atoms with Crippen molar-refractivity contribution < 1.29 is 0 Å². The SMILES string of the molecule is CC(Cl)CC1CCCc2ccccc21. The van der Waals surface area contributed by atoms with E-state index in [2.05, 4.69) is 31.2 Å². The average molecular weight is 209 g/mol. The Hall–Kier alpha value is -0.490. The van der Waals surface area contributed by atoms with E-state index in [0.717, 1.165) is 6.42 Å². The summed E-state index contributed by atoms with van der Waals surface area (Å²) in [7, 11) is 0. The molecule has 2 atom stereocenters. The van der Waals surface area contributed by atoms with Crippen LogP contribution in [0.5, 0.6) is 0 Å². The predicted molar refractivity (Wildman–Crippen MR) is 62.1 cm³/mol. The Morgan fingerprint density at radius 1 is 1.43 bits per heavy atom. The number of fused-ring (bicyclic) bond motifs is 1. The summed E-state index contributed by atoms with van der Waals surface area (Å²) in [5, 5.41) is 0.297. The lowest BCUT2D eigenvalue weighted by atomic mass is 9.80. The fourth-order valence-corrected chi connectivity index (χ4v) is 2.71. The highest BCUT2D eigenvalue weighted by Crippen LogP contribution is 2.35. The molecule has 0 spiro atoms. The maximum absolute atomic E-state index is 6.08. The summed E-state index contributed by atoms with van der Waals surface area (Å²) in [6, 6.07) is 8.83. The Balaban J connectivity index is 2.22. The lowest BCUT2D eigenvalue weighted by Crippen LogP contribution is -2.12. The van der Waals surface area contributed by atoms with Gasteiger partial charge in [0.25, 0.3) is 0 Å². The van der Waals surface area contributed by atoms with Gasteiger partial charge in [-0.15, -0.1) is 11.6 Å². The van der Waals surface area contributed by atoms with Gasteiger partial charge in [0.15, 0.2) is 0 Å². The largest absolute Gasteiger partial charge is 0.123 e. The molecule has 14 heavy (non-hydrogen) atoms. The van der Waals surface area contributed by atoms with Gasteiger partial charge in [-0.05, 0) is 49.7 Å². The molecule has 0 nitrogen and oxygen atoms in total. The van der Waals surface area contributed by atoms with Crippen LogP contribution in [-0.2, 0) is 6.42 Å². The van der Waals surface area contributed by atoms with E-state index in [9.17, 15) is 0 Å². The second kappa shape index (κ2) is 4.35. The number of rotatable bonds is 2. The van der Waals surface area contributed by atoms with E-state index in [0.29, 0.717) is 11.3 Å². The van der Waals surface area contributed by atoms with Gasteiger partial charge >= 0.3 is 0 Å². The molecule has 2 unspecified atom stereocenters. The van der Waals surface area contributed by atoms with Crippen molar-refractivity contribution in [3.05, 3.63) is 35.4 Å². The zero-order valence-electron chi connectivity index (χ0n) is 8.67. The van der Waals surface area contributed by atoms with Crippen molar-refractivity contribution in [1.82, 2.24) is 0 Å². The van der Waals surface area contributed by atoms with Gasteiger partial charge in [-0.1, -0.05) is 24.3 Å². The van der Waals surface area contributed by atoms with Gasteiger partial charge in [-0.2, -0.15) is 0 Å². The highest BCUT2D eigenvalue weighted by molar-refractivity contribution is 6.20. The van der Waals surface area contributed by atoms with Crippen LogP contribution in [0, 0.1) is 0 Å². The van der Waals surface area contributed by atoms with Crippen molar-refractivity contribution >= 4 is 11.6 Å². The molecule has 0 aliphatic heterocycles. The minimum absolute atomic E-state index is 0.297. The quantitative estimate of drug-likeness (QED) is 0.642. The smallest absolute Gasteiger partial charge is 0.0313 e. The summed E-state index contributed by atoms with van der Waals surface area (Å²) in [4.78, 5) is 0. The average Bonchev–Trinajstić information content (AvgIpc) is 2.18. The van der Waals surface area contributed by atoms with Gasteiger partial charge in [-0.3, -0.25) is 0 Å². The summed E-state index contributed by atoms with van der Waals surface area (Å²) in [6.07, 6.45) is 5.02. The predicted octanol–water partition coefficient (Wildman–Crippen LogP) is 4.12. The topological polar surface area (TPSA) is 0 Å². The molecule has 0 radical (unpaired) electrons. The van der Waals surface area contributed by atoms with Crippen LogP contribution >= 0.6 is 11.6 Å². The third-order valence-corrected chi connectivity index (χ3v) is 3.28. The van der Waals surface area contributed by atoms with Crippen LogP contribution < -0.4 is 0 Å². The summed E-state index contributed by atoms with van der Waals surface area (Å²) < 4.78 is 0. The lowest BCUT2D eigenvalue weighted by Gasteiger charge is -2.26. The molecule has 2 rings (SSSR count). The number of aryl methyl sites for hydroxylation is 1. The molecule has 0 saturated carbocycles. The van der Waals surface area contributed by atoms with E-state index in [-0.39, 0.29) is 0 Å². The van der Waals surface area contributed by atoms with E-state index >= 15 is 0 Å². The fraction of sp³-hybridized carbons (Fsp3) is 0.538. The summed E-state index contributed by atoms with van der Waals surface area (Å²) >= 11 is 6.08. The molecule has 0 N–H and O–H groups in total. The van der Waals surface area contributed by atoms with Gasteiger partial charge in [0, 0.05) is 5.38 Å². The molecule has 1 aromatic carbocycles. The van der Waals surface area contributed by atoms with Gasteiger partial charge in [0.1, 0.15) is 0 Å². The van der Waals surface area contributed by atoms with E-state index in [1.807, 2.05) is 0 Å². The normalized spacial score (nSPS) is 22.9. The zero-order valence-corrected chi connectivity index (χ0v) is 9.43. The first-order chi connectivity index (χ1) is 6.77. The Morgan fingerprint density at radius 2 is 2.21 bits per heavy atom. The van der Waals surface area contributed by atoms with Gasteiger partial charge < -0.3 is 0 Å².